The summed E-state index contributed by atoms with van der Waals surface area (Å²) in [5.74, 6) is 1.51. The number of benzene rings is 2. The maximum atomic E-state index is 12.1. The molecule has 7 nitrogen and oxygen atoms in total. The monoisotopic (exact) mass is 386 g/mol. The second kappa shape index (κ2) is 10.3. The van der Waals surface area contributed by atoms with Crippen LogP contribution in [0.3, 0.4) is 0 Å². The number of rotatable bonds is 10. The molecule has 0 aliphatic carbocycles. The highest BCUT2D eigenvalue weighted by atomic mass is 16.6. The second-order valence-corrected chi connectivity index (χ2v) is 6.61. The van der Waals surface area contributed by atoms with Crippen molar-refractivity contribution in [3.63, 3.8) is 0 Å². The van der Waals surface area contributed by atoms with Crippen LogP contribution in [0.15, 0.2) is 42.5 Å². The van der Waals surface area contributed by atoms with E-state index in [4.69, 9.17) is 9.47 Å². The van der Waals surface area contributed by atoms with Crippen molar-refractivity contribution in [1.29, 1.82) is 0 Å². The van der Waals surface area contributed by atoms with Crippen LogP contribution in [0, 0.1) is 10.1 Å². The fraction of sp³-hybridized carbons (Fsp3) is 0.381. The van der Waals surface area contributed by atoms with Crippen LogP contribution >= 0.6 is 0 Å². The maximum absolute atomic E-state index is 12.1. The van der Waals surface area contributed by atoms with Crippen molar-refractivity contribution in [3.05, 3.63) is 63.7 Å². The highest BCUT2D eigenvalue weighted by Crippen LogP contribution is 2.27. The third-order valence-electron chi connectivity index (χ3n) is 4.65. The molecule has 1 N–H and O–H groups in total. The molecule has 2 aromatic rings. The molecular formula is C21H26N2O5. The number of nitro groups is 1. The summed E-state index contributed by atoms with van der Waals surface area (Å²) in [5, 5.41) is 13.6. The lowest BCUT2D eigenvalue weighted by molar-refractivity contribution is -0.384. The first-order valence-corrected chi connectivity index (χ1v) is 9.16. The lowest BCUT2D eigenvalue weighted by Crippen LogP contribution is -2.22. The van der Waals surface area contributed by atoms with E-state index in [1.165, 1.54) is 12.1 Å². The van der Waals surface area contributed by atoms with Crippen LogP contribution in [0.5, 0.6) is 11.5 Å². The summed E-state index contributed by atoms with van der Waals surface area (Å²) in [6, 6.07) is 12.1. The molecule has 0 saturated heterocycles. The predicted molar refractivity (Wildman–Crippen MR) is 107 cm³/mol. The summed E-state index contributed by atoms with van der Waals surface area (Å²) in [6.07, 6.45) is 2.02. The lowest BCUT2D eigenvalue weighted by Gasteiger charge is -2.12. The summed E-state index contributed by atoms with van der Waals surface area (Å²) in [5.41, 5.74) is 2.06. The second-order valence-electron chi connectivity index (χ2n) is 6.61. The summed E-state index contributed by atoms with van der Waals surface area (Å²) < 4.78 is 10.5. The highest BCUT2D eigenvalue weighted by Gasteiger charge is 2.11. The molecule has 0 fully saturated rings. The summed E-state index contributed by atoms with van der Waals surface area (Å²) in [6.45, 7) is 2.49. The average molecular weight is 386 g/mol. The molecule has 1 atom stereocenters. The number of hydrogen-bond acceptors (Lipinski definition) is 5. The standard InChI is InChI=1S/C21H26N2O5/c1-15(17-8-10-18(11-9-17)23(25)26)5-4-6-21(24)22-14-16-7-12-19(27-2)20(13-16)28-3/h7-13,15H,4-6,14H2,1-3H3,(H,22,24). The Balaban J connectivity index is 1.75. The van der Waals surface area contributed by atoms with Gasteiger partial charge in [-0.2, -0.15) is 0 Å². The third kappa shape index (κ3) is 5.97. The van der Waals surface area contributed by atoms with Crippen molar-refractivity contribution in [2.75, 3.05) is 14.2 Å². The van der Waals surface area contributed by atoms with Gasteiger partial charge < -0.3 is 14.8 Å². The van der Waals surface area contributed by atoms with Gasteiger partial charge in [0.15, 0.2) is 11.5 Å². The van der Waals surface area contributed by atoms with Gasteiger partial charge in [0.05, 0.1) is 19.1 Å². The zero-order chi connectivity index (χ0) is 20.5. The zero-order valence-electron chi connectivity index (χ0n) is 16.4. The van der Waals surface area contributed by atoms with E-state index in [1.807, 2.05) is 18.2 Å². The molecule has 0 aromatic heterocycles. The molecule has 0 spiro atoms. The molecule has 0 aliphatic heterocycles. The van der Waals surface area contributed by atoms with E-state index in [2.05, 4.69) is 12.2 Å². The first-order valence-electron chi connectivity index (χ1n) is 9.16. The number of nitrogens with one attached hydrogen (secondary N) is 1. The Hall–Kier alpha value is -3.09. The quantitative estimate of drug-likeness (QED) is 0.488. The molecule has 1 amide bonds. The Kier molecular flexibility index (Phi) is 7.80. The van der Waals surface area contributed by atoms with Crippen molar-refractivity contribution in [2.24, 2.45) is 0 Å². The molecule has 0 bridgehead atoms. The molecule has 0 heterocycles. The Morgan fingerprint density at radius 2 is 1.79 bits per heavy atom. The number of carbonyl (C=O) groups is 1. The van der Waals surface area contributed by atoms with E-state index in [9.17, 15) is 14.9 Å². The third-order valence-corrected chi connectivity index (χ3v) is 4.65. The first kappa shape index (κ1) is 21.2. The van der Waals surface area contributed by atoms with Crippen LogP contribution in [0.4, 0.5) is 5.69 Å². The molecule has 1 unspecified atom stereocenters. The number of nitrogens with zero attached hydrogens (tertiary/aromatic N) is 1. The number of non-ortho nitro benzene ring substituents is 1. The SMILES string of the molecule is COc1ccc(CNC(=O)CCCC(C)c2ccc([N+](=O)[O-])cc2)cc1OC. The predicted octanol–water partition coefficient (Wildman–Crippen LogP) is 4.20. The van der Waals surface area contributed by atoms with Crippen LogP contribution in [-0.2, 0) is 11.3 Å². The smallest absolute Gasteiger partial charge is 0.269 e. The van der Waals surface area contributed by atoms with Crippen LogP contribution in [0.1, 0.15) is 43.2 Å². The van der Waals surface area contributed by atoms with Gasteiger partial charge in [0.1, 0.15) is 0 Å². The Morgan fingerprint density at radius 3 is 2.39 bits per heavy atom. The van der Waals surface area contributed by atoms with Gasteiger partial charge in [-0.3, -0.25) is 14.9 Å². The van der Waals surface area contributed by atoms with Crippen molar-refractivity contribution in [3.8, 4) is 11.5 Å². The van der Waals surface area contributed by atoms with Crippen molar-refractivity contribution >= 4 is 11.6 Å². The Labute approximate surface area is 164 Å². The van der Waals surface area contributed by atoms with Gasteiger partial charge in [0.2, 0.25) is 5.91 Å². The zero-order valence-corrected chi connectivity index (χ0v) is 16.4. The van der Waals surface area contributed by atoms with Crippen molar-refractivity contribution in [2.45, 2.75) is 38.6 Å². The van der Waals surface area contributed by atoms with E-state index < -0.39 is 4.92 Å². The van der Waals surface area contributed by atoms with Gasteiger partial charge in [0.25, 0.3) is 5.69 Å². The van der Waals surface area contributed by atoms with Crippen LogP contribution in [-0.4, -0.2) is 25.1 Å². The molecule has 0 radical (unpaired) electrons. The topological polar surface area (TPSA) is 90.7 Å². The number of amides is 1. The van der Waals surface area contributed by atoms with E-state index in [0.29, 0.717) is 24.5 Å². The fourth-order valence-corrected chi connectivity index (χ4v) is 2.94. The number of hydrogen-bond donors (Lipinski definition) is 1. The van der Waals surface area contributed by atoms with E-state index in [1.54, 1.807) is 26.4 Å². The largest absolute Gasteiger partial charge is 0.493 e. The maximum Gasteiger partial charge on any atom is 0.269 e. The van der Waals surface area contributed by atoms with Crippen LogP contribution in [0.2, 0.25) is 0 Å². The highest BCUT2D eigenvalue weighted by molar-refractivity contribution is 5.75. The molecule has 150 valence electrons. The average Bonchev–Trinajstić information content (AvgIpc) is 2.71. The normalized spacial score (nSPS) is 11.5. The molecule has 0 saturated carbocycles. The van der Waals surface area contributed by atoms with E-state index >= 15 is 0 Å². The van der Waals surface area contributed by atoms with E-state index in [-0.39, 0.29) is 17.5 Å². The van der Waals surface area contributed by atoms with Crippen LogP contribution < -0.4 is 14.8 Å². The van der Waals surface area contributed by atoms with Gasteiger partial charge in [0, 0.05) is 25.1 Å². The molecule has 2 rings (SSSR count). The number of carbonyl (C=O) groups excluding carboxylic acids is 1. The number of nitro benzene ring substituents is 1. The van der Waals surface area contributed by atoms with Crippen molar-refractivity contribution < 1.29 is 19.2 Å². The summed E-state index contributed by atoms with van der Waals surface area (Å²) in [4.78, 5) is 22.4. The molecule has 28 heavy (non-hydrogen) atoms. The van der Waals surface area contributed by atoms with Gasteiger partial charge in [-0.25, -0.2) is 0 Å². The molecule has 2 aromatic carbocycles. The van der Waals surface area contributed by atoms with Crippen LogP contribution in [0.25, 0.3) is 0 Å². The molecule has 7 heteroatoms. The van der Waals surface area contributed by atoms with Gasteiger partial charge in [-0.1, -0.05) is 25.1 Å². The summed E-state index contributed by atoms with van der Waals surface area (Å²) in [7, 11) is 3.16. The number of ether oxygens (including phenoxy) is 2. The fourth-order valence-electron chi connectivity index (χ4n) is 2.94. The van der Waals surface area contributed by atoms with E-state index in [0.717, 1.165) is 24.0 Å². The minimum atomic E-state index is -0.406. The summed E-state index contributed by atoms with van der Waals surface area (Å²) >= 11 is 0. The van der Waals surface area contributed by atoms with Gasteiger partial charge in [-0.05, 0) is 42.0 Å². The Morgan fingerprint density at radius 1 is 1.11 bits per heavy atom. The first-order chi connectivity index (χ1) is 13.4. The van der Waals surface area contributed by atoms with Crippen molar-refractivity contribution in [1.82, 2.24) is 5.32 Å². The lowest BCUT2D eigenvalue weighted by atomic mass is 9.95. The minimum Gasteiger partial charge on any atom is -0.493 e. The van der Waals surface area contributed by atoms with Gasteiger partial charge in [-0.15, -0.1) is 0 Å². The Bertz CT molecular complexity index is 805. The number of methoxy groups -OCH3 is 2. The minimum absolute atomic E-state index is 0.00863. The molecular weight excluding hydrogens is 360 g/mol. The molecule has 0 aliphatic rings. The van der Waals surface area contributed by atoms with Gasteiger partial charge >= 0.3 is 0 Å².